The van der Waals surface area contributed by atoms with Crippen LogP contribution in [0.4, 0.5) is 5.82 Å². The molecule has 1 aliphatic carbocycles. The maximum absolute atomic E-state index is 6.34. The molecule has 0 bridgehead atoms. The Morgan fingerprint density at radius 3 is 2.78 bits per heavy atom. The number of nitrogens with zero attached hydrogens (tertiary/aromatic N) is 2. The summed E-state index contributed by atoms with van der Waals surface area (Å²) in [6.07, 6.45) is 3.59. The highest BCUT2D eigenvalue weighted by Gasteiger charge is 2.27. The minimum atomic E-state index is 0.0185. The first-order chi connectivity index (χ1) is 8.38. The second-order valence-corrected chi connectivity index (χ2v) is 7.60. The molecule has 0 aromatic carbocycles. The molecule has 0 saturated heterocycles. The lowest BCUT2D eigenvalue weighted by Crippen LogP contribution is -2.16. The number of fused-ring (bicyclic) bond motifs is 3. The van der Waals surface area contributed by atoms with Crippen molar-refractivity contribution in [3.63, 3.8) is 0 Å². The normalized spacial score (nSPS) is 20.3. The van der Waals surface area contributed by atoms with Gasteiger partial charge in [0.15, 0.2) is 4.96 Å². The minimum Gasteiger partial charge on any atom is -0.383 e. The van der Waals surface area contributed by atoms with Gasteiger partial charge in [-0.15, -0.1) is 11.3 Å². The SMILES string of the molecule is CC1CCc2c(sc3nc(C(C)(C)C)c(N)n23)C1. The summed E-state index contributed by atoms with van der Waals surface area (Å²) in [5, 5.41) is 0. The highest BCUT2D eigenvalue weighted by molar-refractivity contribution is 7.17. The van der Waals surface area contributed by atoms with Gasteiger partial charge in [0.25, 0.3) is 0 Å². The first-order valence-electron chi connectivity index (χ1n) is 6.67. The van der Waals surface area contributed by atoms with Crippen LogP contribution in [-0.4, -0.2) is 9.38 Å². The molecule has 1 atom stereocenters. The molecule has 18 heavy (non-hydrogen) atoms. The van der Waals surface area contributed by atoms with Crippen LogP contribution < -0.4 is 5.73 Å². The second-order valence-electron chi connectivity index (χ2n) is 6.53. The third-order valence-electron chi connectivity index (χ3n) is 3.81. The van der Waals surface area contributed by atoms with Gasteiger partial charge in [0.05, 0.1) is 5.69 Å². The smallest absolute Gasteiger partial charge is 0.196 e. The summed E-state index contributed by atoms with van der Waals surface area (Å²) in [6, 6.07) is 0. The molecule has 98 valence electrons. The summed E-state index contributed by atoms with van der Waals surface area (Å²) >= 11 is 1.83. The Balaban J connectivity index is 2.21. The number of imidazole rings is 1. The van der Waals surface area contributed by atoms with Gasteiger partial charge in [0.2, 0.25) is 0 Å². The van der Waals surface area contributed by atoms with Crippen molar-refractivity contribution in [2.75, 3.05) is 5.73 Å². The molecule has 3 rings (SSSR count). The van der Waals surface area contributed by atoms with Crippen LogP contribution >= 0.6 is 11.3 Å². The highest BCUT2D eigenvalue weighted by Crippen LogP contribution is 2.37. The minimum absolute atomic E-state index is 0.0185. The molecule has 0 radical (unpaired) electrons. The van der Waals surface area contributed by atoms with Crippen LogP contribution in [0.15, 0.2) is 0 Å². The summed E-state index contributed by atoms with van der Waals surface area (Å²) in [5.41, 5.74) is 8.80. The molecule has 2 aromatic heterocycles. The fourth-order valence-electron chi connectivity index (χ4n) is 2.80. The van der Waals surface area contributed by atoms with E-state index in [0.717, 1.165) is 28.8 Å². The topological polar surface area (TPSA) is 43.3 Å². The van der Waals surface area contributed by atoms with Crippen molar-refractivity contribution in [1.29, 1.82) is 0 Å². The Labute approximate surface area is 112 Å². The molecule has 0 amide bonds. The van der Waals surface area contributed by atoms with Gasteiger partial charge < -0.3 is 5.73 Å². The molecule has 4 heteroatoms. The van der Waals surface area contributed by atoms with Gasteiger partial charge in [-0.2, -0.15) is 0 Å². The van der Waals surface area contributed by atoms with Crippen LogP contribution in [0.3, 0.4) is 0 Å². The summed E-state index contributed by atoms with van der Waals surface area (Å²) < 4.78 is 2.20. The van der Waals surface area contributed by atoms with E-state index in [4.69, 9.17) is 10.7 Å². The van der Waals surface area contributed by atoms with E-state index in [-0.39, 0.29) is 5.41 Å². The van der Waals surface area contributed by atoms with Gasteiger partial charge in [-0.05, 0) is 25.2 Å². The average Bonchev–Trinajstić information content (AvgIpc) is 2.74. The van der Waals surface area contributed by atoms with Gasteiger partial charge >= 0.3 is 0 Å². The van der Waals surface area contributed by atoms with Gasteiger partial charge in [-0.1, -0.05) is 27.7 Å². The van der Waals surface area contributed by atoms with E-state index in [2.05, 4.69) is 32.1 Å². The van der Waals surface area contributed by atoms with Crippen LogP contribution in [0.2, 0.25) is 0 Å². The van der Waals surface area contributed by atoms with E-state index < -0.39 is 0 Å². The largest absolute Gasteiger partial charge is 0.383 e. The van der Waals surface area contributed by atoms with E-state index in [1.807, 2.05) is 11.3 Å². The third kappa shape index (κ3) is 1.66. The van der Waals surface area contributed by atoms with Gasteiger partial charge in [0, 0.05) is 16.0 Å². The highest BCUT2D eigenvalue weighted by atomic mass is 32.1. The number of aryl methyl sites for hydroxylation is 1. The van der Waals surface area contributed by atoms with Gasteiger partial charge in [-0.25, -0.2) is 4.98 Å². The Kier molecular flexibility index (Phi) is 2.49. The number of rotatable bonds is 0. The molecule has 0 aliphatic heterocycles. The number of anilines is 1. The molecule has 2 aromatic rings. The number of aromatic nitrogens is 2. The van der Waals surface area contributed by atoms with E-state index >= 15 is 0 Å². The Hall–Kier alpha value is -1.03. The van der Waals surface area contributed by atoms with Crippen molar-refractivity contribution >= 4 is 22.1 Å². The van der Waals surface area contributed by atoms with E-state index in [0.29, 0.717) is 0 Å². The van der Waals surface area contributed by atoms with Crippen molar-refractivity contribution in [3.05, 3.63) is 16.3 Å². The third-order valence-corrected chi connectivity index (χ3v) is 4.91. The molecule has 0 spiro atoms. The number of nitrogens with two attached hydrogens (primary N) is 1. The van der Waals surface area contributed by atoms with Crippen LogP contribution in [0.25, 0.3) is 4.96 Å². The van der Waals surface area contributed by atoms with E-state index in [1.54, 1.807) is 0 Å². The van der Waals surface area contributed by atoms with Crippen molar-refractivity contribution < 1.29 is 0 Å². The quantitative estimate of drug-likeness (QED) is 0.791. The molecule has 0 saturated carbocycles. The molecule has 2 heterocycles. The second kappa shape index (κ2) is 3.73. The zero-order chi connectivity index (χ0) is 13.1. The first-order valence-corrected chi connectivity index (χ1v) is 7.48. The van der Waals surface area contributed by atoms with Crippen molar-refractivity contribution in [2.24, 2.45) is 5.92 Å². The van der Waals surface area contributed by atoms with Crippen LogP contribution in [0.5, 0.6) is 0 Å². The standard InChI is InChI=1S/C14H21N3S/c1-8-5-6-9-10(7-8)18-13-16-11(14(2,3)4)12(15)17(9)13/h8H,5-7,15H2,1-4H3. The van der Waals surface area contributed by atoms with Crippen molar-refractivity contribution in [2.45, 2.75) is 52.4 Å². The lowest BCUT2D eigenvalue weighted by atomic mass is 9.91. The maximum atomic E-state index is 6.34. The molecule has 2 N–H and O–H groups in total. The molecular formula is C14H21N3S. The van der Waals surface area contributed by atoms with E-state index in [9.17, 15) is 0 Å². The van der Waals surface area contributed by atoms with Crippen LogP contribution in [-0.2, 0) is 18.3 Å². The number of nitrogen functional groups attached to an aromatic ring is 1. The zero-order valence-corrected chi connectivity index (χ0v) is 12.4. The fourth-order valence-corrected chi connectivity index (χ4v) is 4.14. The number of hydrogen-bond donors (Lipinski definition) is 1. The Morgan fingerprint density at radius 1 is 1.39 bits per heavy atom. The van der Waals surface area contributed by atoms with Gasteiger partial charge in [0.1, 0.15) is 5.82 Å². The lowest BCUT2D eigenvalue weighted by molar-refractivity contribution is 0.499. The first kappa shape index (κ1) is 12.0. The lowest BCUT2D eigenvalue weighted by Gasteiger charge is -2.19. The average molecular weight is 263 g/mol. The molecule has 1 unspecified atom stereocenters. The number of thiazole rings is 1. The van der Waals surface area contributed by atoms with Gasteiger partial charge in [-0.3, -0.25) is 4.40 Å². The fraction of sp³-hybridized carbons (Fsp3) is 0.643. The zero-order valence-electron chi connectivity index (χ0n) is 11.6. The number of hydrogen-bond acceptors (Lipinski definition) is 3. The summed E-state index contributed by atoms with van der Waals surface area (Å²) in [7, 11) is 0. The predicted molar refractivity (Wildman–Crippen MR) is 77.4 cm³/mol. The molecule has 3 nitrogen and oxygen atoms in total. The van der Waals surface area contributed by atoms with Crippen molar-refractivity contribution in [3.8, 4) is 0 Å². The van der Waals surface area contributed by atoms with Crippen molar-refractivity contribution in [1.82, 2.24) is 9.38 Å². The summed E-state index contributed by atoms with van der Waals surface area (Å²) in [6.45, 7) is 8.84. The summed E-state index contributed by atoms with van der Waals surface area (Å²) in [4.78, 5) is 7.34. The molecule has 1 aliphatic rings. The Bertz CT molecular complexity index is 601. The van der Waals surface area contributed by atoms with Crippen LogP contribution in [0.1, 0.15) is 50.4 Å². The predicted octanol–water partition coefficient (Wildman–Crippen LogP) is 3.40. The molecule has 0 fully saturated rings. The summed E-state index contributed by atoms with van der Waals surface area (Å²) in [5.74, 6) is 1.65. The maximum Gasteiger partial charge on any atom is 0.196 e. The Morgan fingerprint density at radius 2 is 2.11 bits per heavy atom. The van der Waals surface area contributed by atoms with Crippen LogP contribution in [0, 0.1) is 5.92 Å². The monoisotopic (exact) mass is 263 g/mol. The molecular weight excluding hydrogens is 242 g/mol. The van der Waals surface area contributed by atoms with E-state index in [1.165, 1.54) is 23.4 Å².